The molecule has 0 aliphatic heterocycles. The average molecular weight is 344 g/mol. The molecule has 0 rings (SSSR count). The summed E-state index contributed by atoms with van der Waals surface area (Å²) in [5.41, 5.74) is 0. The lowest BCUT2D eigenvalue weighted by Gasteiger charge is -2.16. The Morgan fingerprint density at radius 3 is 1.79 bits per heavy atom. The van der Waals surface area contributed by atoms with E-state index in [1.165, 1.54) is 65.2 Å². The molecule has 0 bridgehead atoms. The van der Waals surface area contributed by atoms with E-state index in [9.17, 15) is 9.59 Å². The number of hydrogen-bond donors (Lipinski definition) is 0. The molecule has 24 heavy (non-hydrogen) atoms. The second-order valence-electron chi connectivity index (χ2n) is 6.29. The highest BCUT2D eigenvalue weighted by atomic mass is 16.6. The van der Waals surface area contributed by atoms with Crippen LogP contribution in [0.4, 0.5) is 0 Å². The first-order valence-electron chi connectivity index (χ1n) is 9.44. The van der Waals surface area contributed by atoms with Gasteiger partial charge >= 0.3 is 11.9 Å². The first-order chi connectivity index (χ1) is 11.6. The molecule has 0 saturated heterocycles. The van der Waals surface area contributed by atoms with Crippen LogP contribution < -0.4 is 0 Å². The molecule has 142 valence electrons. The Bertz CT molecular complexity index is 317. The van der Waals surface area contributed by atoms with Gasteiger partial charge in [-0.3, -0.25) is 9.59 Å². The molecule has 1 atom stereocenters. The number of carbonyl (C=O) groups excluding carboxylic acids is 2. The van der Waals surface area contributed by atoms with Gasteiger partial charge in [0.05, 0.1) is 6.61 Å². The van der Waals surface area contributed by atoms with Crippen LogP contribution in [0.15, 0.2) is 0 Å². The van der Waals surface area contributed by atoms with Gasteiger partial charge in [0.1, 0.15) is 6.61 Å². The third-order valence-corrected chi connectivity index (χ3v) is 3.75. The van der Waals surface area contributed by atoms with Crippen molar-refractivity contribution in [3.63, 3.8) is 0 Å². The van der Waals surface area contributed by atoms with Crippen molar-refractivity contribution in [2.24, 2.45) is 0 Å². The Hall–Kier alpha value is -1.10. The van der Waals surface area contributed by atoms with Crippen molar-refractivity contribution in [1.82, 2.24) is 0 Å². The third-order valence-electron chi connectivity index (χ3n) is 3.75. The second-order valence-corrected chi connectivity index (χ2v) is 6.29. The molecule has 0 N–H and O–H groups in total. The molecular formula is C19H36O5. The van der Waals surface area contributed by atoms with Crippen LogP contribution in [0.1, 0.15) is 85.0 Å². The van der Waals surface area contributed by atoms with E-state index in [4.69, 9.17) is 14.2 Å². The van der Waals surface area contributed by atoms with Gasteiger partial charge < -0.3 is 14.2 Å². The van der Waals surface area contributed by atoms with Gasteiger partial charge in [0.15, 0.2) is 6.10 Å². The fraction of sp³-hybridized carbons (Fsp3) is 0.895. The van der Waals surface area contributed by atoms with Crippen LogP contribution in [0.5, 0.6) is 0 Å². The monoisotopic (exact) mass is 344 g/mol. The fourth-order valence-electron chi connectivity index (χ4n) is 2.47. The van der Waals surface area contributed by atoms with Crippen molar-refractivity contribution in [1.29, 1.82) is 0 Å². The van der Waals surface area contributed by atoms with E-state index in [-0.39, 0.29) is 19.2 Å². The zero-order chi connectivity index (χ0) is 18.0. The Balaban J connectivity index is 3.47. The summed E-state index contributed by atoms with van der Waals surface area (Å²) < 4.78 is 15.5. The second kappa shape index (κ2) is 16.7. The minimum atomic E-state index is -0.519. The minimum Gasteiger partial charge on any atom is -0.462 e. The average Bonchev–Trinajstić information content (AvgIpc) is 2.52. The largest absolute Gasteiger partial charge is 0.462 e. The first-order valence-corrected chi connectivity index (χ1v) is 9.44. The summed E-state index contributed by atoms with van der Waals surface area (Å²) in [7, 11) is 0. The topological polar surface area (TPSA) is 61.8 Å². The Labute approximate surface area is 147 Å². The summed E-state index contributed by atoms with van der Waals surface area (Å²) in [6.45, 7) is 5.87. The van der Waals surface area contributed by atoms with Crippen LogP contribution in [0, 0.1) is 0 Å². The van der Waals surface area contributed by atoms with E-state index in [0.717, 1.165) is 12.8 Å². The van der Waals surface area contributed by atoms with Gasteiger partial charge in [-0.15, -0.1) is 0 Å². The van der Waals surface area contributed by atoms with Crippen LogP contribution in [0.3, 0.4) is 0 Å². The fourth-order valence-corrected chi connectivity index (χ4v) is 2.47. The minimum absolute atomic E-state index is 0.0486. The predicted octanol–water partition coefficient (Wildman–Crippen LogP) is 4.42. The Morgan fingerprint density at radius 2 is 1.29 bits per heavy atom. The predicted molar refractivity (Wildman–Crippen MR) is 94.9 cm³/mol. The lowest BCUT2D eigenvalue weighted by Crippen LogP contribution is -2.28. The SMILES string of the molecule is CCCCCCCCCCCCOC[C@H](COC(C)=O)OC(C)=O. The molecular weight excluding hydrogens is 308 g/mol. The molecule has 0 aromatic heterocycles. The smallest absolute Gasteiger partial charge is 0.303 e. The Kier molecular flexibility index (Phi) is 16.0. The van der Waals surface area contributed by atoms with Crippen LogP contribution in [0.2, 0.25) is 0 Å². The quantitative estimate of drug-likeness (QED) is 0.306. The van der Waals surface area contributed by atoms with E-state index in [1.807, 2.05) is 0 Å². The van der Waals surface area contributed by atoms with E-state index in [2.05, 4.69) is 6.92 Å². The van der Waals surface area contributed by atoms with E-state index in [0.29, 0.717) is 6.61 Å². The molecule has 5 heteroatoms. The van der Waals surface area contributed by atoms with E-state index in [1.54, 1.807) is 0 Å². The molecule has 0 aliphatic carbocycles. The number of ether oxygens (including phenoxy) is 3. The summed E-state index contributed by atoms with van der Waals surface area (Å²) in [5, 5.41) is 0. The third kappa shape index (κ3) is 17.3. The van der Waals surface area contributed by atoms with Gasteiger partial charge in [-0.2, -0.15) is 0 Å². The number of carbonyl (C=O) groups is 2. The van der Waals surface area contributed by atoms with Gasteiger partial charge in [0.25, 0.3) is 0 Å². The Morgan fingerprint density at radius 1 is 0.750 bits per heavy atom. The summed E-state index contributed by atoms with van der Waals surface area (Å²) in [6.07, 6.45) is 12.3. The maximum absolute atomic E-state index is 11.0. The molecule has 0 fully saturated rings. The summed E-state index contributed by atoms with van der Waals surface area (Å²) in [4.78, 5) is 21.8. The highest BCUT2D eigenvalue weighted by Gasteiger charge is 2.14. The lowest BCUT2D eigenvalue weighted by molar-refractivity contribution is -0.159. The van der Waals surface area contributed by atoms with Gasteiger partial charge in [0.2, 0.25) is 0 Å². The maximum atomic E-state index is 11.0. The van der Waals surface area contributed by atoms with Gasteiger partial charge in [0, 0.05) is 20.5 Å². The summed E-state index contributed by atoms with van der Waals surface area (Å²) in [6, 6.07) is 0. The zero-order valence-corrected chi connectivity index (χ0v) is 15.8. The van der Waals surface area contributed by atoms with Crippen molar-refractivity contribution in [3.05, 3.63) is 0 Å². The van der Waals surface area contributed by atoms with Crippen molar-refractivity contribution in [3.8, 4) is 0 Å². The molecule has 0 saturated carbocycles. The van der Waals surface area contributed by atoms with Crippen molar-refractivity contribution in [2.45, 2.75) is 91.1 Å². The lowest BCUT2D eigenvalue weighted by atomic mass is 10.1. The van der Waals surface area contributed by atoms with Crippen LogP contribution in [-0.2, 0) is 23.8 Å². The molecule has 0 radical (unpaired) electrons. The number of rotatable bonds is 16. The van der Waals surface area contributed by atoms with Crippen molar-refractivity contribution >= 4 is 11.9 Å². The molecule has 0 aromatic carbocycles. The number of esters is 2. The number of hydrogen-bond acceptors (Lipinski definition) is 5. The van der Waals surface area contributed by atoms with E-state index >= 15 is 0 Å². The maximum Gasteiger partial charge on any atom is 0.303 e. The molecule has 0 aromatic rings. The highest BCUT2D eigenvalue weighted by molar-refractivity contribution is 5.67. The van der Waals surface area contributed by atoms with Crippen LogP contribution in [-0.4, -0.2) is 37.9 Å². The van der Waals surface area contributed by atoms with Gasteiger partial charge in [-0.05, 0) is 6.42 Å². The molecule has 0 spiro atoms. The molecule has 0 amide bonds. The molecule has 0 heterocycles. The standard InChI is InChI=1S/C19H36O5/c1-4-5-6-7-8-9-10-11-12-13-14-22-15-19(24-18(3)21)16-23-17(2)20/h19H,4-16H2,1-3H3/t19-/m1/s1. The van der Waals surface area contributed by atoms with Crippen LogP contribution in [0.25, 0.3) is 0 Å². The zero-order valence-electron chi connectivity index (χ0n) is 15.8. The summed E-state index contributed by atoms with van der Waals surface area (Å²) >= 11 is 0. The number of unbranched alkanes of at least 4 members (excludes halogenated alkanes) is 9. The molecule has 5 nitrogen and oxygen atoms in total. The first kappa shape index (κ1) is 22.9. The van der Waals surface area contributed by atoms with Crippen molar-refractivity contribution in [2.75, 3.05) is 19.8 Å². The van der Waals surface area contributed by atoms with Crippen molar-refractivity contribution < 1.29 is 23.8 Å². The van der Waals surface area contributed by atoms with Crippen LogP contribution >= 0.6 is 0 Å². The molecule has 0 unspecified atom stereocenters. The van der Waals surface area contributed by atoms with Gasteiger partial charge in [-0.1, -0.05) is 64.7 Å². The van der Waals surface area contributed by atoms with E-state index < -0.39 is 12.1 Å². The van der Waals surface area contributed by atoms with Gasteiger partial charge in [-0.25, -0.2) is 0 Å². The molecule has 0 aliphatic rings. The normalized spacial score (nSPS) is 12.0. The highest BCUT2D eigenvalue weighted by Crippen LogP contribution is 2.10. The summed E-state index contributed by atoms with van der Waals surface area (Å²) in [5.74, 6) is -0.781.